The number of hydrogen-bond acceptors (Lipinski definition) is 4. The lowest BCUT2D eigenvalue weighted by Crippen LogP contribution is -2.59. The fraction of sp³-hybridized carbons (Fsp3) is 1.00. The van der Waals surface area contributed by atoms with Gasteiger partial charge >= 0.3 is 0 Å². The van der Waals surface area contributed by atoms with Crippen LogP contribution < -0.4 is 5.32 Å². The van der Waals surface area contributed by atoms with Gasteiger partial charge in [0.05, 0.1) is 17.8 Å². The van der Waals surface area contributed by atoms with Crippen molar-refractivity contribution in [3.05, 3.63) is 0 Å². The molecule has 1 N–H and O–H groups in total. The van der Waals surface area contributed by atoms with E-state index < -0.39 is 0 Å². The lowest BCUT2D eigenvalue weighted by atomic mass is 9.85. The normalized spacial score (nSPS) is 29.1. The molecular formula is C13H27NO3. The van der Waals surface area contributed by atoms with Gasteiger partial charge in [-0.25, -0.2) is 0 Å². The lowest BCUT2D eigenvalue weighted by molar-refractivity contribution is -0.150. The van der Waals surface area contributed by atoms with Gasteiger partial charge < -0.3 is 19.5 Å². The third-order valence-electron chi connectivity index (χ3n) is 3.57. The van der Waals surface area contributed by atoms with Gasteiger partial charge in [-0.3, -0.25) is 0 Å². The van der Waals surface area contributed by atoms with Gasteiger partial charge in [0, 0.05) is 26.4 Å². The van der Waals surface area contributed by atoms with Crippen LogP contribution in [0.3, 0.4) is 0 Å². The summed E-state index contributed by atoms with van der Waals surface area (Å²) >= 11 is 0. The van der Waals surface area contributed by atoms with Gasteiger partial charge in [0.2, 0.25) is 0 Å². The van der Waals surface area contributed by atoms with E-state index in [0.29, 0.717) is 6.04 Å². The summed E-state index contributed by atoms with van der Waals surface area (Å²) in [6.07, 6.45) is 2.38. The van der Waals surface area contributed by atoms with E-state index in [1.54, 1.807) is 7.11 Å². The van der Waals surface area contributed by atoms with Crippen molar-refractivity contribution in [3.63, 3.8) is 0 Å². The molecule has 0 spiro atoms. The van der Waals surface area contributed by atoms with Crippen molar-refractivity contribution in [2.45, 2.75) is 57.5 Å². The highest BCUT2D eigenvalue weighted by Crippen LogP contribution is 2.27. The Morgan fingerprint density at radius 1 is 1.29 bits per heavy atom. The molecule has 0 aliphatic heterocycles. The molecular weight excluding hydrogens is 218 g/mol. The van der Waals surface area contributed by atoms with Crippen LogP contribution in [-0.2, 0) is 14.2 Å². The van der Waals surface area contributed by atoms with Crippen molar-refractivity contribution in [2.75, 3.05) is 27.4 Å². The molecule has 0 radical (unpaired) electrons. The topological polar surface area (TPSA) is 39.7 Å². The summed E-state index contributed by atoms with van der Waals surface area (Å²) in [6.45, 7) is 7.65. The maximum Gasteiger partial charge on any atom is 0.0990 e. The van der Waals surface area contributed by atoms with Gasteiger partial charge in [0.25, 0.3) is 0 Å². The number of ether oxygens (including phenoxy) is 3. The van der Waals surface area contributed by atoms with E-state index in [-0.39, 0.29) is 17.8 Å². The van der Waals surface area contributed by atoms with E-state index in [2.05, 4.69) is 19.2 Å². The second-order valence-electron chi connectivity index (χ2n) is 5.17. The van der Waals surface area contributed by atoms with E-state index in [9.17, 15) is 0 Å². The highest BCUT2D eigenvalue weighted by Gasteiger charge is 2.41. The van der Waals surface area contributed by atoms with Gasteiger partial charge in [0.15, 0.2) is 0 Å². The summed E-state index contributed by atoms with van der Waals surface area (Å²) in [5, 5.41) is 3.25. The number of nitrogens with one attached hydrogen (secondary N) is 1. The van der Waals surface area contributed by atoms with Gasteiger partial charge in [-0.15, -0.1) is 0 Å². The number of rotatable bonds is 8. The van der Waals surface area contributed by atoms with E-state index in [4.69, 9.17) is 14.2 Å². The first-order valence-corrected chi connectivity index (χ1v) is 6.49. The Hall–Kier alpha value is -0.160. The van der Waals surface area contributed by atoms with Crippen LogP contribution in [0.15, 0.2) is 0 Å². The highest BCUT2D eigenvalue weighted by atomic mass is 16.5. The monoisotopic (exact) mass is 245 g/mol. The molecule has 3 atom stereocenters. The summed E-state index contributed by atoms with van der Waals surface area (Å²) in [4.78, 5) is 0. The second kappa shape index (κ2) is 6.69. The molecule has 1 saturated carbocycles. The summed E-state index contributed by atoms with van der Waals surface area (Å²) in [5.41, 5.74) is -0.104. The standard InChI is InChI=1S/C13H27NO3/c1-6-16-12-10(14-4)9-11(12)17-8-7-13(2,3)15-5/h10-12,14H,6-9H2,1-5H3. The average Bonchev–Trinajstić information content (AvgIpc) is 2.29. The molecule has 0 heterocycles. The molecule has 17 heavy (non-hydrogen) atoms. The Morgan fingerprint density at radius 2 is 2.00 bits per heavy atom. The van der Waals surface area contributed by atoms with Crippen molar-refractivity contribution in [3.8, 4) is 0 Å². The van der Waals surface area contributed by atoms with Crippen LogP contribution in [0.25, 0.3) is 0 Å². The molecule has 1 rings (SSSR count). The van der Waals surface area contributed by atoms with Crippen LogP contribution in [0.2, 0.25) is 0 Å². The van der Waals surface area contributed by atoms with Crippen molar-refractivity contribution in [2.24, 2.45) is 0 Å². The highest BCUT2D eigenvalue weighted by molar-refractivity contribution is 4.96. The molecule has 3 unspecified atom stereocenters. The minimum atomic E-state index is -0.104. The molecule has 1 aliphatic carbocycles. The zero-order valence-corrected chi connectivity index (χ0v) is 11.8. The smallest absolute Gasteiger partial charge is 0.0990 e. The van der Waals surface area contributed by atoms with Crippen molar-refractivity contribution in [1.29, 1.82) is 0 Å². The van der Waals surface area contributed by atoms with Crippen LogP contribution >= 0.6 is 0 Å². The van der Waals surface area contributed by atoms with Gasteiger partial charge in [-0.2, -0.15) is 0 Å². The Labute approximate surface area is 105 Å². The Balaban J connectivity index is 2.24. The van der Waals surface area contributed by atoms with Crippen LogP contribution in [0, 0.1) is 0 Å². The molecule has 0 amide bonds. The zero-order chi connectivity index (χ0) is 12.9. The molecule has 0 aromatic rings. The summed E-state index contributed by atoms with van der Waals surface area (Å²) < 4.78 is 16.9. The number of methoxy groups -OCH3 is 1. The van der Waals surface area contributed by atoms with Crippen molar-refractivity contribution in [1.82, 2.24) is 5.32 Å². The Kier molecular flexibility index (Phi) is 5.86. The molecule has 4 nitrogen and oxygen atoms in total. The summed E-state index contributed by atoms with van der Waals surface area (Å²) in [7, 11) is 3.71. The van der Waals surface area contributed by atoms with Gasteiger partial charge in [-0.1, -0.05) is 0 Å². The molecule has 102 valence electrons. The van der Waals surface area contributed by atoms with Gasteiger partial charge in [0.1, 0.15) is 0 Å². The maximum absolute atomic E-state index is 5.87. The van der Waals surface area contributed by atoms with Crippen LogP contribution in [-0.4, -0.2) is 51.2 Å². The summed E-state index contributed by atoms with van der Waals surface area (Å²) in [5.74, 6) is 0. The van der Waals surface area contributed by atoms with E-state index in [1.807, 2.05) is 14.0 Å². The quantitative estimate of drug-likeness (QED) is 0.705. The SMILES string of the molecule is CCOC1C(NC)CC1OCCC(C)(C)OC. The third-order valence-corrected chi connectivity index (χ3v) is 3.57. The Bertz CT molecular complexity index is 221. The Morgan fingerprint density at radius 3 is 2.53 bits per heavy atom. The lowest BCUT2D eigenvalue weighted by Gasteiger charge is -2.43. The van der Waals surface area contributed by atoms with Crippen molar-refractivity contribution >= 4 is 0 Å². The third kappa shape index (κ3) is 4.21. The maximum atomic E-state index is 5.87. The second-order valence-corrected chi connectivity index (χ2v) is 5.17. The molecule has 0 aromatic carbocycles. The molecule has 1 aliphatic rings. The fourth-order valence-electron chi connectivity index (χ4n) is 2.00. The van der Waals surface area contributed by atoms with Crippen LogP contribution in [0.4, 0.5) is 0 Å². The molecule has 0 aromatic heterocycles. The number of likely N-dealkylation sites (N-methyl/N-ethyl adjacent to an activating group) is 1. The van der Waals surface area contributed by atoms with Crippen LogP contribution in [0.1, 0.15) is 33.6 Å². The largest absolute Gasteiger partial charge is 0.379 e. The van der Waals surface area contributed by atoms with Crippen molar-refractivity contribution < 1.29 is 14.2 Å². The minimum absolute atomic E-state index is 0.104. The van der Waals surface area contributed by atoms with E-state index in [1.165, 1.54) is 0 Å². The first-order valence-electron chi connectivity index (χ1n) is 6.49. The van der Waals surface area contributed by atoms with E-state index >= 15 is 0 Å². The predicted octanol–water partition coefficient (Wildman–Crippen LogP) is 1.58. The molecule has 0 saturated heterocycles. The van der Waals surface area contributed by atoms with E-state index in [0.717, 1.165) is 26.1 Å². The molecule has 1 fully saturated rings. The minimum Gasteiger partial charge on any atom is -0.379 e. The van der Waals surface area contributed by atoms with Gasteiger partial charge in [-0.05, 0) is 40.7 Å². The first-order chi connectivity index (χ1) is 8.04. The summed E-state index contributed by atoms with van der Waals surface area (Å²) in [6, 6.07) is 0.440. The van der Waals surface area contributed by atoms with Crippen LogP contribution in [0.5, 0.6) is 0 Å². The number of hydrogen-bond donors (Lipinski definition) is 1. The first kappa shape index (κ1) is 14.9. The molecule has 4 heteroatoms. The average molecular weight is 245 g/mol. The molecule has 0 bridgehead atoms. The predicted molar refractivity (Wildman–Crippen MR) is 68.3 cm³/mol. The fourth-order valence-corrected chi connectivity index (χ4v) is 2.00. The zero-order valence-electron chi connectivity index (χ0n) is 11.8.